The summed E-state index contributed by atoms with van der Waals surface area (Å²) < 4.78 is 17.2. The van der Waals surface area contributed by atoms with Gasteiger partial charge in [0.2, 0.25) is 0 Å². The van der Waals surface area contributed by atoms with Gasteiger partial charge >= 0.3 is 0 Å². The molecule has 16 heavy (non-hydrogen) atoms. The van der Waals surface area contributed by atoms with E-state index in [4.69, 9.17) is 17.3 Å². The van der Waals surface area contributed by atoms with Crippen molar-refractivity contribution < 1.29 is 4.39 Å². The molecule has 0 fully saturated rings. The van der Waals surface area contributed by atoms with Gasteiger partial charge in [0.05, 0.1) is 5.02 Å². The second-order valence-electron chi connectivity index (χ2n) is 3.30. The number of nitrogen functional groups attached to an aromatic ring is 1. The molecule has 0 aliphatic rings. The SMILES string of the molecule is Nc1nc(CCc2ccc(Cl)c(F)c2)ns1. The van der Waals surface area contributed by atoms with Crippen LogP contribution >= 0.6 is 23.1 Å². The van der Waals surface area contributed by atoms with E-state index < -0.39 is 5.82 Å². The van der Waals surface area contributed by atoms with Crippen molar-refractivity contribution in [1.29, 1.82) is 0 Å². The Bertz CT molecular complexity index is 501. The number of aromatic nitrogens is 2. The molecule has 0 aliphatic carbocycles. The van der Waals surface area contributed by atoms with Crippen LogP contribution < -0.4 is 5.73 Å². The van der Waals surface area contributed by atoms with Gasteiger partial charge in [-0.3, -0.25) is 0 Å². The average Bonchev–Trinajstić information content (AvgIpc) is 2.66. The van der Waals surface area contributed by atoms with Gasteiger partial charge in [-0.05, 0) is 24.1 Å². The van der Waals surface area contributed by atoms with E-state index in [9.17, 15) is 4.39 Å². The molecule has 0 spiro atoms. The summed E-state index contributed by atoms with van der Waals surface area (Å²) in [6.07, 6.45) is 1.32. The summed E-state index contributed by atoms with van der Waals surface area (Å²) in [5.74, 6) is 0.294. The predicted octanol–water partition coefficient (Wildman–Crippen LogP) is 2.70. The third-order valence-corrected chi connectivity index (χ3v) is 2.99. The highest BCUT2D eigenvalue weighted by Crippen LogP contribution is 2.17. The van der Waals surface area contributed by atoms with Crippen LogP contribution in [0.2, 0.25) is 5.02 Å². The third kappa shape index (κ3) is 2.68. The zero-order chi connectivity index (χ0) is 11.5. The number of benzene rings is 1. The van der Waals surface area contributed by atoms with Crippen LogP contribution in [0.4, 0.5) is 9.52 Å². The first-order valence-electron chi connectivity index (χ1n) is 4.67. The van der Waals surface area contributed by atoms with Crippen molar-refractivity contribution in [3.05, 3.63) is 40.4 Å². The van der Waals surface area contributed by atoms with Gasteiger partial charge in [0.25, 0.3) is 0 Å². The minimum absolute atomic E-state index is 0.139. The molecule has 1 aromatic carbocycles. The summed E-state index contributed by atoms with van der Waals surface area (Å²) in [6.45, 7) is 0. The molecule has 0 aliphatic heterocycles. The molecule has 2 aromatic rings. The van der Waals surface area contributed by atoms with E-state index in [0.29, 0.717) is 23.8 Å². The summed E-state index contributed by atoms with van der Waals surface area (Å²) in [4.78, 5) is 4.03. The predicted molar refractivity (Wildman–Crippen MR) is 63.1 cm³/mol. The van der Waals surface area contributed by atoms with Gasteiger partial charge in [-0.1, -0.05) is 17.7 Å². The fourth-order valence-electron chi connectivity index (χ4n) is 1.32. The highest BCUT2D eigenvalue weighted by Gasteiger charge is 2.04. The van der Waals surface area contributed by atoms with Gasteiger partial charge in [-0.15, -0.1) is 0 Å². The molecule has 2 N–H and O–H groups in total. The lowest BCUT2D eigenvalue weighted by molar-refractivity contribution is 0.625. The van der Waals surface area contributed by atoms with Crippen molar-refractivity contribution in [3.63, 3.8) is 0 Å². The number of halogens is 2. The maximum Gasteiger partial charge on any atom is 0.199 e. The molecule has 0 bridgehead atoms. The van der Waals surface area contributed by atoms with Crippen molar-refractivity contribution in [1.82, 2.24) is 9.36 Å². The van der Waals surface area contributed by atoms with E-state index in [2.05, 4.69) is 9.36 Å². The summed E-state index contributed by atoms with van der Waals surface area (Å²) >= 11 is 6.75. The lowest BCUT2D eigenvalue weighted by Crippen LogP contribution is -1.95. The van der Waals surface area contributed by atoms with Crippen molar-refractivity contribution in [3.8, 4) is 0 Å². The van der Waals surface area contributed by atoms with E-state index in [1.165, 1.54) is 17.6 Å². The van der Waals surface area contributed by atoms with Gasteiger partial charge in [0.1, 0.15) is 11.6 Å². The Hall–Kier alpha value is -1.20. The second-order valence-corrected chi connectivity index (χ2v) is 4.49. The molecule has 3 nitrogen and oxygen atoms in total. The normalized spacial score (nSPS) is 10.6. The Balaban J connectivity index is 2.02. The lowest BCUT2D eigenvalue weighted by atomic mass is 10.1. The maximum atomic E-state index is 13.1. The average molecular weight is 258 g/mol. The molecule has 6 heteroatoms. The Labute approximate surface area is 101 Å². The number of aryl methyl sites for hydroxylation is 2. The number of rotatable bonds is 3. The summed E-state index contributed by atoms with van der Waals surface area (Å²) in [7, 11) is 0. The van der Waals surface area contributed by atoms with E-state index in [1.54, 1.807) is 12.1 Å². The minimum Gasteiger partial charge on any atom is -0.374 e. The third-order valence-electron chi connectivity index (χ3n) is 2.11. The van der Waals surface area contributed by atoms with Crippen LogP contribution in [0, 0.1) is 5.82 Å². The van der Waals surface area contributed by atoms with Crippen molar-refractivity contribution in [2.24, 2.45) is 0 Å². The maximum absolute atomic E-state index is 13.1. The zero-order valence-electron chi connectivity index (χ0n) is 8.28. The molecule has 0 saturated heterocycles. The van der Waals surface area contributed by atoms with E-state index in [1.807, 2.05) is 0 Å². The largest absolute Gasteiger partial charge is 0.374 e. The van der Waals surface area contributed by atoms with Gasteiger partial charge in [0, 0.05) is 18.0 Å². The smallest absolute Gasteiger partial charge is 0.199 e. The minimum atomic E-state index is -0.398. The first-order chi connectivity index (χ1) is 7.65. The van der Waals surface area contributed by atoms with Gasteiger partial charge < -0.3 is 5.73 Å². The summed E-state index contributed by atoms with van der Waals surface area (Å²) in [6, 6.07) is 4.77. The number of nitrogens with zero attached hydrogens (tertiary/aromatic N) is 2. The number of hydrogen-bond donors (Lipinski definition) is 1. The van der Waals surface area contributed by atoms with Crippen LogP contribution in [0.3, 0.4) is 0 Å². The Morgan fingerprint density at radius 2 is 2.19 bits per heavy atom. The molecule has 2 rings (SSSR count). The van der Waals surface area contributed by atoms with Crippen LogP contribution in [0.25, 0.3) is 0 Å². The molecule has 0 amide bonds. The summed E-state index contributed by atoms with van der Waals surface area (Å²) in [5.41, 5.74) is 6.33. The van der Waals surface area contributed by atoms with E-state index in [0.717, 1.165) is 5.56 Å². The Morgan fingerprint density at radius 1 is 1.38 bits per heavy atom. The van der Waals surface area contributed by atoms with Crippen LogP contribution in [-0.2, 0) is 12.8 Å². The fraction of sp³-hybridized carbons (Fsp3) is 0.200. The highest BCUT2D eigenvalue weighted by atomic mass is 35.5. The molecule has 0 atom stereocenters. The van der Waals surface area contributed by atoms with Crippen LogP contribution in [0.15, 0.2) is 18.2 Å². The van der Waals surface area contributed by atoms with E-state index >= 15 is 0 Å². The van der Waals surface area contributed by atoms with E-state index in [-0.39, 0.29) is 5.02 Å². The van der Waals surface area contributed by atoms with Crippen LogP contribution in [0.1, 0.15) is 11.4 Å². The molecule has 0 saturated carbocycles. The first kappa shape index (κ1) is 11.3. The number of nitrogens with two attached hydrogens (primary N) is 1. The topological polar surface area (TPSA) is 51.8 Å². The van der Waals surface area contributed by atoms with Crippen LogP contribution in [-0.4, -0.2) is 9.36 Å². The Kier molecular flexibility index (Phi) is 3.36. The van der Waals surface area contributed by atoms with Crippen molar-refractivity contribution in [2.75, 3.05) is 5.73 Å². The van der Waals surface area contributed by atoms with Crippen molar-refractivity contribution in [2.45, 2.75) is 12.8 Å². The molecule has 0 radical (unpaired) electrons. The quantitative estimate of drug-likeness (QED) is 0.920. The van der Waals surface area contributed by atoms with Gasteiger partial charge in [-0.25, -0.2) is 9.37 Å². The van der Waals surface area contributed by atoms with Gasteiger partial charge in [0.15, 0.2) is 5.13 Å². The monoisotopic (exact) mass is 257 g/mol. The van der Waals surface area contributed by atoms with Crippen molar-refractivity contribution >= 4 is 28.3 Å². The molecule has 1 heterocycles. The van der Waals surface area contributed by atoms with Crippen LogP contribution in [0.5, 0.6) is 0 Å². The van der Waals surface area contributed by atoms with Gasteiger partial charge in [-0.2, -0.15) is 4.37 Å². The lowest BCUT2D eigenvalue weighted by Gasteiger charge is -2.00. The molecule has 1 aromatic heterocycles. The molecular formula is C10H9ClFN3S. The highest BCUT2D eigenvalue weighted by molar-refractivity contribution is 7.09. The first-order valence-corrected chi connectivity index (χ1v) is 5.82. The fourth-order valence-corrected chi connectivity index (χ4v) is 1.92. The summed E-state index contributed by atoms with van der Waals surface area (Å²) in [5, 5.41) is 0.595. The number of hydrogen-bond acceptors (Lipinski definition) is 4. The zero-order valence-corrected chi connectivity index (χ0v) is 9.85. The molecular weight excluding hydrogens is 249 g/mol. The standard InChI is InChI=1S/C10H9ClFN3S/c11-7-3-1-6(5-8(7)12)2-4-9-14-10(13)16-15-9/h1,3,5H,2,4H2,(H2,13,14,15). The second kappa shape index (κ2) is 4.76. The molecule has 84 valence electrons. The number of anilines is 1. The Morgan fingerprint density at radius 3 is 2.81 bits per heavy atom. The molecule has 0 unspecified atom stereocenters.